The third-order valence-electron chi connectivity index (χ3n) is 7.27. The minimum atomic E-state index is -5.08. The zero-order valence-corrected chi connectivity index (χ0v) is 28.3. The first-order chi connectivity index (χ1) is 24.2. The quantitative estimate of drug-likeness (QED) is 0.102. The first-order valence-electron chi connectivity index (χ1n) is 15.1. The topological polar surface area (TPSA) is 156 Å². The maximum atomic E-state index is 13.3. The van der Waals surface area contributed by atoms with Gasteiger partial charge in [0.2, 0.25) is 0 Å². The number of aliphatic carboxylic acids is 1. The van der Waals surface area contributed by atoms with E-state index in [-0.39, 0.29) is 29.7 Å². The third-order valence-corrected chi connectivity index (χ3v) is 8.30. The fourth-order valence-corrected chi connectivity index (χ4v) is 5.46. The highest BCUT2D eigenvalue weighted by molar-refractivity contribution is 7.90. The first kappa shape index (κ1) is 39.3. The van der Waals surface area contributed by atoms with Crippen LogP contribution in [0.15, 0.2) is 67.1 Å². The van der Waals surface area contributed by atoms with E-state index in [2.05, 4.69) is 9.97 Å². The molecule has 278 valence electrons. The van der Waals surface area contributed by atoms with Crippen molar-refractivity contribution in [2.24, 2.45) is 0 Å². The van der Waals surface area contributed by atoms with E-state index in [1.807, 2.05) is 13.8 Å². The number of nitrogens with zero attached hydrogens (tertiary/aromatic N) is 4. The molecule has 1 saturated heterocycles. The average molecular weight is 757 g/mol. The number of aromatic nitrogens is 2. The summed E-state index contributed by atoms with van der Waals surface area (Å²) < 4.78 is 106. The number of carboxylic acid groups (broad SMARTS) is 1. The van der Waals surface area contributed by atoms with Crippen LogP contribution >= 0.6 is 0 Å². The molecule has 0 saturated carbocycles. The molecule has 19 heteroatoms. The second-order valence-electron chi connectivity index (χ2n) is 11.6. The van der Waals surface area contributed by atoms with Gasteiger partial charge < -0.3 is 14.6 Å². The molecule has 0 atom stereocenters. The number of ether oxygens (including phenoxy) is 2. The van der Waals surface area contributed by atoms with Crippen LogP contribution in [-0.4, -0.2) is 72.7 Å². The van der Waals surface area contributed by atoms with E-state index < -0.39 is 52.2 Å². The lowest BCUT2D eigenvalue weighted by Gasteiger charge is -2.21. The van der Waals surface area contributed by atoms with Crippen molar-refractivity contribution in [3.05, 3.63) is 78.2 Å². The highest BCUT2D eigenvalue weighted by Crippen LogP contribution is 2.38. The number of urea groups is 1. The Morgan fingerprint density at radius 3 is 2.27 bits per heavy atom. The van der Waals surface area contributed by atoms with Crippen molar-refractivity contribution >= 4 is 50.0 Å². The molecule has 0 radical (unpaired) electrons. The standard InChI is InChI=1S/C31H29F3N4O6S.C2HF3O2/c1-19(2)25-14-21(38-29(39)18-37(30(38)40)22-13-20(16-35-17-22)31(32,33)34)5-8-27(25)44-28-9-10-36-26-15-23(6-7-24(26)28)43-11-4-12-45(3,41)42;3-2(4,5)1(6)7/h5-10,13-17,19H,4,11-12,18H2,1-3H3;(H,6,7). The number of carbonyl (C=O) groups excluding carboxylic acids is 2. The van der Waals surface area contributed by atoms with Crippen LogP contribution < -0.4 is 19.3 Å². The van der Waals surface area contributed by atoms with Crippen molar-refractivity contribution in [3.8, 4) is 17.2 Å². The van der Waals surface area contributed by atoms with Crippen molar-refractivity contribution in [1.29, 1.82) is 0 Å². The number of amides is 3. The summed E-state index contributed by atoms with van der Waals surface area (Å²) in [4.78, 5) is 45.0. The van der Waals surface area contributed by atoms with E-state index in [0.717, 1.165) is 22.1 Å². The Hall–Kier alpha value is -5.46. The van der Waals surface area contributed by atoms with Crippen molar-refractivity contribution < 1.29 is 63.7 Å². The maximum absolute atomic E-state index is 13.3. The summed E-state index contributed by atoms with van der Waals surface area (Å²) in [6.07, 6.45) is -4.87. The van der Waals surface area contributed by atoms with E-state index >= 15 is 0 Å². The Bertz CT molecular complexity index is 2090. The number of hydrogen-bond acceptors (Lipinski definition) is 9. The summed E-state index contributed by atoms with van der Waals surface area (Å²) in [6.45, 7) is 3.62. The summed E-state index contributed by atoms with van der Waals surface area (Å²) in [6, 6.07) is 11.8. The molecule has 3 amide bonds. The van der Waals surface area contributed by atoms with Gasteiger partial charge in [0.25, 0.3) is 5.91 Å². The van der Waals surface area contributed by atoms with E-state index in [1.54, 1.807) is 42.6 Å². The van der Waals surface area contributed by atoms with Crippen molar-refractivity contribution in [2.45, 2.75) is 38.5 Å². The summed E-state index contributed by atoms with van der Waals surface area (Å²) in [5, 5.41) is 7.81. The number of carbonyl (C=O) groups is 3. The molecule has 3 heterocycles. The Morgan fingerprint density at radius 2 is 1.65 bits per heavy atom. The predicted molar refractivity (Wildman–Crippen MR) is 175 cm³/mol. The fourth-order valence-electron chi connectivity index (χ4n) is 4.82. The lowest BCUT2D eigenvalue weighted by Crippen LogP contribution is -2.33. The summed E-state index contributed by atoms with van der Waals surface area (Å²) in [7, 11) is -3.07. The summed E-state index contributed by atoms with van der Waals surface area (Å²) in [5.74, 6) is -1.93. The van der Waals surface area contributed by atoms with Crippen LogP contribution in [0.2, 0.25) is 0 Å². The Labute approximate surface area is 292 Å². The second-order valence-corrected chi connectivity index (χ2v) is 13.9. The van der Waals surface area contributed by atoms with Gasteiger partial charge in [-0.25, -0.2) is 22.9 Å². The molecule has 1 aliphatic rings. The summed E-state index contributed by atoms with van der Waals surface area (Å²) >= 11 is 0. The van der Waals surface area contributed by atoms with E-state index in [0.29, 0.717) is 46.3 Å². The fraction of sp³-hybridized carbons (Fsp3) is 0.303. The molecule has 1 aliphatic heterocycles. The number of imide groups is 1. The number of carboxylic acids is 1. The largest absolute Gasteiger partial charge is 0.493 e. The van der Waals surface area contributed by atoms with Crippen LogP contribution in [-0.2, 0) is 25.6 Å². The van der Waals surface area contributed by atoms with Gasteiger partial charge in [-0.15, -0.1) is 0 Å². The van der Waals surface area contributed by atoms with Crippen LogP contribution in [0.5, 0.6) is 17.2 Å². The molecular formula is C33H30F6N4O8S. The van der Waals surface area contributed by atoms with Crippen LogP contribution in [0.3, 0.4) is 0 Å². The van der Waals surface area contributed by atoms with Gasteiger partial charge in [-0.1, -0.05) is 13.8 Å². The number of alkyl halides is 6. The third kappa shape index (κ3) is 9.86. The lowest BCUT2D eigenvalue weighted by atomic mass is 10.0. The Morgan fingerprint density at radius 1 is 0.962 bits per heavy atom. The van der Waals surface area contributed by atoms with E-state index in [9.17, 15) is 44.3 Å². The molecule has 2 aromatic heterocycles. The normalized spacial score (nSPS) is 13.7. The van der Waals surface area contributed by atoms with Crippen LogP contribution in [0.1, 0.15) is 37.3 Å². The molecule has 0 bridgehead atoms. The van der Waals surface area contributed by atoms with Gasteiger partial charge >= 0.3 is 24.4 Å². The van der Waals surface area contributed by atoms with Gasteiger partial charge in [-0.05, 0) is 60.4 Å². The van der Waals surface area contributed by atoms with Gasteiger partial charge in [0, 0.05) is 30.1 Å². The lowest BCUT2D eigenvalue weighted by molar-refractivity contribution is -0.192. The minimum Gasteiger partial charge on any atom is -0.493 e. The molecule has 0 aliphatic carbocycles. The van der Waals surface area contributed by atoms with E-state index in [4.69, 9.17) is 19.4 Å². The predicted octanol–water partition coefficient (Wildman–Crippen LogP) is 6.98. The number of rotatable bonds is 10. The average Bonchev–Trinajstić information content (AvgIpc) is 3.35. The highest BCUT2D eigenvalue weighted by Gasteiger charge is 2.40. The second kappa shape index (κ2) is 15.4. The molecule has 12 nitrogen and oxygen atoms in total. The number of pyridine rings is 2. The number of hydrogen-bond donors (Lipinski definition) is 1. The molecule has 52 heavy (non-hydrogen) atoms. The zero-order valence-electron chi connectivity index (χ0n) is 27.5. The Balaban J connectivity index is 0.000000785. The number of benzene rings is 2. The SMILES string of the molecule is CC(C)c1cc(N2C(=O)CN(c3cncc(C(F)(F)F)c3)C2=O)ccc1Oc1ccnc2cc(OCCCS(C)(=O)=O)ccc12.O=C(O)C(F)(F)F. The molecule has 0 spiro atoms. The van der Waals surface area contributed by atoms with Crippen LogP contribution in [0.25, 0.3) is 10.9 Å². The van der Waals surface area contributed by atoms with Crippen molar-refractivity contribution in [2.75, 3.05) is 35.0 Å². The minimum absolute atomic E-state index is 0.0272. The van der Waals surface area contributed by atoms with Crippen molar-refractivity contribution in [3.63, 3.8) is 0 Å². The molecule has 4 aromatic rings. The number of sulfone groups is 1. The monoisotopic (exact) mass is 756 g/mol. The van der Waals surface area contributed by atoms with Gasteiger partial charge in [0.1, 0.15) is 33.6 Å². The zero-order chi connectivity index (χ0) is 38.6. The van der Waals surface area contributed by atoms with Gasteiger partial charge in [-0.2, -0.15) is 26.3 Å². The van der Waals surface area contributed by atoms with Gasteiger partial charge in [0.15, 0.2) is 0 Å². The van der Waals surface area contributed by atoms with Crippen LogP contribution in [0, 0.1) is 0 Å². The molecule has 5 rings (SSSR count). The molecule has 2 aromatic carbocycles. The van der Waals surface area contributed by atoms with Crippen LogP contribution in [0.4, 0.5) is 42.5 Å². The highest BCUT2D eigenvalue weighted by atomic mass is 32.2. The number of anilines is 2. The molecule has 1 N–H and O–H groups in total. The number of fused-ring (bicyclic) bond motifs is 1. The van der Waals surface area contributed by atoms with Gasteiger partial charge in [0.05, 0.1) is 41.0 Å². The number of halogens is 6. The van der Waals surface area contributed by atoms with Crippen molar-refractivity contribution in [1.82, 2.24) is 9.97 Å². The van der Waals surface area contributed by atoms with Gasteiger partial charge in [-0.3, -0.25) is 19.7 Å². The molecule has 0 unspecified atom stereocenters. The summed E-state index contributed by atoms with van der Waals surface area (Å²) in [5.41, 5.74) is 0.359. The smallest absolute Gasteiger partial charge is 0.490 e. The first-order valence-corrected chi connectivity index (χ1v) is 17.2. The molecular weight excluding hydrogens is 726 g/mol. The Kier molecular flexibility index (Phi) is 11.7. The maximum Gasteiger partial charge on any atom is 0.490 e. The molecule has 1 fully saturated rings. The van der Waals surface area contributed by atoms with E-state index in [1.165, 1.54) is 12.3 Å².